The summed E-state index contributed by atoms with van der Waals surface area (Å²) in [4.78, 5) is 32.3. The summed E-state index contributed by atoms with van der Waals surface area (Å²) in [6.45, 7) is 4.21. The fraction of sp³-hybridized carbons (Fsp3) is 0.765. The molecule has 0 aromatic carbocycles. The number of urea groups is 1. The van der Waals surface area contributed by atoms with Gasteiger partial charge in [-0.15, -0.1) is 5.10 Å². The van der Waals surface area contributed by atoms with Crippen molar-refractivity contribution >= 4 is 17.9 Å². The summed E-state index contributed by atoms with van der Waals surface area (Å²) in [5.74, 6) is 0.327. The first-order valence-corrected chi connectivity index (χ1v) is 9.42. The Morgan fingerprint density at radius 1 is 1.24 bits per heavy atom. The number of amides is 3. The predicted molar refractivity (Wildman–Crippen MR) is 94.2 cm³/mol. The van der Waals surface area contributed by atoms with Crippen molar-refractivity contribution in [2.24, 2.45) is 0 Å². The van der Waals surface area contributed by atoms with Crippen molar-refractivity contribution < 1.29 is 9.59 Å². The van der Waals surface area contributed by atoms with Gasteiger partial charge in [-0.25, -0.2) is 14.5 Å². The molecule has 138 valence electrons. The molecule has 2 fully saturated rings. The molecule has 2 aliphatic rings. The van der Waals surface area contributed by atoms with E-state index in [2.05, 4.69) is 22.3 Å². The Balaban J connectivity index is 1.56. The van der Waals surface area contributed by atoms with E-state index < -0.39 is 0 Å². The van der Waals surface area contributed by atoms with Gasteiger partial charge < -0.3 is 9.80 Å². The molecule has 1 saturated carbocycles. The lowest BCUT2D eigenvalue weighted by molar-refractivity contribution is -0.130. The molecule has 0 radical (unpaired) electrons. The standard InChI is InChI=1S/C17H28N6O2/c1-2-9-21-10-6-11-22(12-15(21)24)17(25)19-16-18-13-23(20-16)14-7-4-3-5-8-14/h13-14H,2-12H2,1H3,(H,19,20,25). The van der Waals surface area contributed by atoms with Crippen molar-refractivity contribution in [1.29, 1.82) is 0 Å². The molecular weight excluding hydrogens is 320 g/mol. The summed E-state index contributed by atoms with van der Waals surface area (Å²) < 4.78 is 1.87. The second-order valence-corrected chi connectivity index (χ2v) is 6.93. The van der Waals surface area contributed by atoms with Crippen LogP contribution in [0.25, 0.3) is 0 Å². The number of rotatable bonds is 4. The monoisotopic (exact) mass is 348 g/mol. The van der Waals surface area contributed by atoms with Crippen molar-refractivity contribution in [3.63, 3.8) is 0 Å². The average Bonchev–Trinajstić information content (AvgIpc) is 3.01. The van der Waals surface area contributed by atoms with Crippen LogP contribution in [0.2, 0.25) is 0 Å². The number of hydrogen-bond donors (Lipinski definition) is 1. The van der Waals surface area contributed by atoms with Gasteiger partial charge in [0.05, 0.1) is 6.04 Å². The van der Waals surface area contributed by atoms with Crippen LogP contribution in [0, 0.1) is 0 Å². The van der Waals surface area contributed by atoms with E-state index >= 15 is 0 Å². The molecule has 0 bridgehead atoms. The van der Waals surface area contributed by atoms with Gasteiger partial charge in [0, 0.05) is 19.6 Å². The van der Waals surface area contributed by atoms with E-state index in [-0.39, 0.29) is 18.5 Å². The van der Waals surface area contributed by atoms with Crippen LogP contribution in [0.3, 0.4) is 0 Å². The lowest BCUT2D eigenvalue weighted by atomic mass is 9.96. The zero-order valence-corrected chi connectivity index (χ0v) is 15.0. The lowest BCUT2D eigenvalue weighted by Crippen LogP contribution is -2.41. The fourth-order valence-electron chi connectivity index (χ4n) is 3.63. The minimum Gasteiger partial charge on any atom is -0.341 e. The van der Waals surface area contributed by atoms with Crippen LogP contribution in [0.1, 0.15) is 57.9 Å². The molecule has 1 aromatic rings. The van der Waals surface area contributed by atoms with E-state index in [9.17, 15) is 9.59 Å². The molecule has 8 heteroatoms. The average molecular weight is 348 g/mol. The van der Waals surface area contributed by atoms with Crippen LogP contribution >= 0.6 is 0 Å². The SMILES string of the molecule is CCCN1CCCN(C(=O)Nc2ncn(C3CCCCC3)n2)CC1=O. The van der Waals surface area contributed by atoms with Gasteiger partial charge >= 0.3 is 6.03 Å². The Labute approximate surface area is 148 Å². The Kier molecular flexibility index (Phi) is 5.88. The molecule has 1 N–H and O–H groups in total. The van der Waals surface area contributed by atoms with Crippen LogP contribution < -0.4 is 5.32 Å². The molecule has 2 heterocycles. The summed E-state index contributed by atoms with van der Waals surface area (Å²) in [6, 6.07) is 0.0855. The number of carbonyl (C=O) groups excluding carboxylic acids is 2. The second-order valence-electron chi connectivity index (χ2n) is 6.93. The molecule has 3 rings (SSSR count). The normalized spacial score (nSPS) is 19.8. The van der Waals surface area contributed by atoms with Crippen molar-refractivity contribution in [2.45, 2.75) is 57.9 Å². The van der Waals surface area contributed by atoms with E-state index in [4.69, 9.17) is 0 Å². The number of carbonyl (C=O) groups is 2. The first-order valence-electron chi connectivity index (χ1n) is 9.42. The Bertz CT molecular complexity index is 596. The van der Waals surface area contributed by atoms with E-state index in [0.29, 0.717) is 25.1 Å². The first-order chi connectivity index (χ1) is 12.2. The van der Waals surface area contributed by atoms with E-state index in [0.717, 1.165) is 32.2 Å². The summed E-state index contributed by atoms with van der Waals surface area (Å²) in [5.41, 5.74) is 0. The van der Waals surface area contributed by atoms with Gasteiger partial charge in [-0.1, -0.05) is 26.2 Å². The number of hydrogen-bond acceptors (Lipinski definition) is 4. The largest absolute Gasteiger partial charge is 0.341 e. The van der Waals surface area contributed by atoms with Gasteiger partial charge in [0.15, 0.2) is 0 Å². The number of nitrogens with one attached hydrogen (secondary N) is 1. The summed E-state index contributed by atoms with van der Waals surface area (Å²) in [6.07, 6.45) is 9.38. The van der Waals surface area contributed by atoms with Crippen LogP contribution in [-0.2, 0) is 4.79 Å². The van der Waals surface area contributed by atoms with Gasteiger partial charge in [0.1, 0.15) is 12.9 Å². The van der Waals surface area contributed by atoms with E-state index in [1.165, 1.54) is 19.3 Å². The zero-order valence-electron chi connectivity index (χ0n) is 15.0. The molecule has 1 saturated heterocycles. The predicted octanol–water partition coefficient (Wildman–Crippen LogP) is 2.26. The van der Waals surface area contributed by atoms with Gasteiger partial charge in [0.25, 0.3) is 0 Å². The molecule has 1 aliphatic heterocycles. The molecule has 1 aliphatic carbocycles. The molecule has 0 atom stereocenters. The highest BCUT2D eigenvalue weighted by molar-refractivity contribution is 5.91. The topological polar surface area (TPSA) is 83.4 Å². The maximum Gasteiger partial charge on any atom is 0.324 e. The molecule has 8 nitrogen and oxygen atoms in total. The second kappa shape index (κ2) is 8.31. The first kappa shape index (κ1) is 17.7. The van der Waals surface area contributed by atoms with E-state index in [1.54, 1.807) is 11.2 Å². The molecule has 3 amide bonds. The smallest absolute Gasteiger partial charge is 0.324 e. The fourth-order valence-corrected chi connectivity index (χ4v) is 3.63. The van der Waals surface area contributed by atoms with Crippen LogP contribution in [0.5, 0.6) is 0 Å². The number of anilines is 1. The summed E-state index contributed by atoms with van der Waals surface area (Å²) in [7, 11) is 0. The van der Waals surface area contributed by atoms with Gasteiger partial charge in [0.2, 0.25) is 11.9 Å². The third kappa shape index (κ3) is 4.49. The van der Waals surface area contributed by atoms with Crippen molar-refractivity contribution in [1.82, 2.24) is 24.6 Å². The Hall–Kier alpha value is -2.12. The summed E-state index contributed by atoms with van der Waals surface area (Å²) in [5, 5.41) is 7.15. The van der Waals surface area contributed by atoms with Crippen molar-refractivity contribution in [3.05, 3.63) is 6.33 Å². The van der Waals surface area contributed by atoms with Crippen LogP contribution in [0.15, 0.2) is 6.33 Å². The minimum absolute atomic E-state index is 0.00944. The third-order valence-corrected chi connectivity index (χ3v) is 4.99. The Morgan fingerprint density at radius 2 is 2.04 bits per heavy atom. The van der Waals surface area contributed by atoms with Crippen molar-refractivity contribution in [2.75, 3.05) is 31.5 Å². The molecule has 0 unspecified atom stereocenters. The third-order valence-electron chi connectivity index (χ3n) is 4.99. The van der Waals surface area contributed by atoms with E-state index in [1.807, 2.05) is 9.58 Å². The summed E-state index contributed by atoms with van der Waals surface area (Å²) >= 11 is 0. The minimum atomic E-state index is -0.298. The van der Waals surface area contributed by atoms with Gasteiger partial charge in [-0.3, -0.25) is 10.1 Å². The molecule has 25 heavy (non-hydrogen) atoms. The molecule has 0 spiro atoms. The Morgan fingerprint density at radius 3 is 2.80 bits per heavy atom. The number of nitrogens with zero attached hydrogens (tertiary/aromatic N) is 5. The quantitative estimate of drug-likeness (QED) is 0.905. The van der Waals surface area contributed by atoms with Gasteiger partial charge in [-0.2, -0.15) is 0 Å². The maximum absolute atomic E-state index is 12.5. The number of aromatic nitrogens is 3. The zero-order chi connectivity index (χ0) is 17.6. The highest BCUT2D eigenvalue weighted by Crippen LogP contribution is 2.27. The highest BCUT2D eigenvalue weighted by Gasteiger charge is 2.25. The van der Waals surface area contributed by atoms with Gasteiger partial charge in [-0.05, 0) is 25.7 Å². The maximum atomic E-state index is 12.5. The van der Waals surface area contributed by atoms with Crippen LogP contribution in [0.4, 0.5) is 10.7 Å². The lowest BCUT2D eigenvalue weighted by Gasteiger charge is -2.21. The van der Waals surface area contributed by atoms with Crippen LogP contribution in [-0.4, -0.2) is 62.7 Å². The highest BCUT2D eigenvalue weighted by atomic mass is 16.2. The molecule has 1 aromatic heterocycles. The molecular formula is C17H28N6O2. The van der Waals surface area contributed by atoms with Crippen molar-refractivity contribution in [3.8, 4) is 0 Å².